The summed E-state index contributed by atoms with van der Waals surface area (Å²) in [4.78, 5) is 0. The van der Waals surface area contributed by atoms with Gasteiger partial charge in [-0.25, -0.2) is 4.39 Å². The number of nitrogen functional groups attached to an aromatic ring is 1. The Kier molecular flexibility index (Phi) is 4.26. The van der Waals surface area contributed by atoms with Crippen LogP contribution in [0.1, 0.15) is 38.5 Å². The highest BCUT2D eigenvalue weighted by Gasteiger charge is 2.14. The monoisotopic (exact) mass is 300 g/mol. The fourth-order valence-corrected chi connectivity index (χ4v) is 2.67. The Hall–Kier alpha value is -0.770. The lowest BCUT2D eigenvalue weighted by molar-refractivity contribution is 0.614. The number of benzene rings is 1. The van der Waals surface area contributed by atoms with Crippen molar-refractivity contribution >= 4 is 27.3 Å². The second kappa shape index (κ2) is 5.71. The van der Waals surface area contributed by atoms with Gasteiger partial charge in [-0.15, -0.1) is 0 Å². The summed E-state index contributed by atoms with van der Waals surface area (Å²) >= 11 is 3.19. The second-order valence-electron chi connectivity index (χ2n) is 4.69. The Morgan fingerprint density at radius 1 is 1.18 bits per heavy atom. The van der Waals surface area contributed by atoms with Crippen molar-refractivity contribution in [3.63, 3.8) is 0 Å². The summed E-state index contributed by atoms with van der Waals surface area (Å²) in [5, 5.41) is 3.44. The SMILES string of the molecule is Nc1cc(F)c(Br)cc1NC1CCCCCC1. The minimum absolute atomic E-state index is 0.311. The van der Waals surface area contributed by atoms with Crippen LogP contribution in [0.5, 0.6) is 0 Å². The minimum Gasteiger partial charge on any atom is -0.397 e. The molecule has 1 aromatic rings. The van der Waals surface area contributed by atoms with E-state index in [0.29, 0.717) is 16.2 Å². The predicted molar refractivity (Wildman–Crippen MR) is 73.6 cm³/mol. The second-order valence-corrected chi connectivity index (χ2v) is 5.54. The van der Waals surface area contributed by atoms with Crippen molar-refractivity contribution in [3.8, 4) is 0 Å². The normalized spacial score (nSPS) is 17.8. The van der Waals surface area contributed by atoms with E-state index in [9.17, 15) is 4.39 Å². The molecule has 1 aliphatic rings. The van der Waals surface area contributed by atoms with E-state index in [2.05, 4.69) is 21.2 Å². The average molecular weight is 301 g/mol. The zero-order valence-corrected chi connectivity index (χ0v) is 11.4. The molecule has 1 aromatic carbocycles. The van der Waals surface area contributed by atoms with E-state index in [4.69, 9.17) is 5.73 Å². The number of hydrogen-bond acceptors (Lipinski definition) is 2. The molecule has 94 valence electrons. The minimum atomic E-state index is -0.311. The van der Waals surface area contributed by atoms with Crippen LogP contribution >= 0.6 is 15.9 Å². The fourth-order valence-electron chi connectivity index (χ4n) is 2.33. The number of nitrogens with two attached hydrogens (primary N) is 1. The molecule has 2 nitrogen and oxygen atoms in total. The number of hydrogen-bond donors (Lipinski definition) is 2. The molecule has 0 radical (unpaired) electrons. The Balaban J connectivity index is 2.09. The van der Waals surface area contributed by atoms with Crippen LogP contribution in [0.4, 0.5) is 15.8 Å². The van der Waals surface area contributed by atoms with Crippen LogP contribution in [0.25, 0.3) is 0 Å². The van der Waals surface area contributed by atoms with Gasteiger partial charge in [-0.05, 0) is 34.8 Å². The van der Waals surface area contributed by atoms with Crippen LogP contribution in [0.3, 0.4) is 0 Å². The molecule has 0 unspecified atom stereocenters. The zero-order valence-electron chi connectivity index (χ0n) is 9.81. The van der Waals surface area contributed by atoms with Crippen molar-refractivity contribution in [2.75, 3.05) is 11.1 Å². The molecule has 1 saturated carbocycles. The molecule has 1 aliphatic carbocycles. The maximum absolute atomic E-state index is 13.2. The van der Waals surface area contributed by atoms with Crippen LogP contribution in [-0.2, 0) is 0 Å². The Morgan fingerprint density at radius 2 is 1.82 bits per heavy atom. The van der Waals surface area contributed by atoms with E-state index in [0.717, 1.165) is 5.69 Å². The lowest BCUT2D eigenvalue weighted by Crippen LogP contribution is -2.19. The Labute approximate surface area is 110 Å². The molecule has 1 fully saturated rings. The van der Waals surface area contributed by atoms with Crippen LogP contribution < -0.4 is 11.1 Å². The van der Waals surface area contributed by atoms with Crippen molar-refractivity contribution in [3.05, 3.63) is 22.4 Å². The van der Waals surface area contributed by atoms with Crippen LogP contribution in [0.2, 0.25) is 0 Å². The summed E-state index contributed by atoms with van der Waals surface area (Å²) in [5.74, 6) is -0.311. The van der Waals surface area contributed by atoms with Crippen LogP contribution in [-0.4, -0.2) is 6.04 Å². The zero-order chi connectivity index (χ0) is 12.3. The average Bonchev–Trinajstić information content (AvgIpc) is 2.54. The topological polar surface area (TPSA) is 38.0 Å². The summed E-state index contributed by atoms with van der Waals surface area (Å²) in [6.45, 7) is 0. The largest absolute Gasteiger partial charge is 0.397 e. The van der Waals surface area contributed by atoms with Gasteiger partial charge in [-0.3, -0.25) is 0 Å². The van der Waals surface area contributed by atoms with Gasteiger partial charge in [0.15, 0.2) is 0 Å². The quantitative estimate of drug-likeness (QED) is 0.631. The van der Waals surface area contributed by atoms with Gasteiger partial charge in [0.25, 0.3) is 0 Å². The molecule has 0 spiro atoms. The molecule has 0 aromatic heterocycles. The molecule has 3 N–H and O–H groups in total. The molecule has 0 saturated heterocycles. The lowest BCUT2D eigenvalue weighted by Gasteiger charge is -2.19. The first-order valence-corrected chi connectivity index (χ1v) is 6.97. The molecule has 0 aliphatic heterocycles. The van der Waals surface area contributed by atoms with E-state index in [1.54, 1.807) is 6.07 Å². The number of halogens is 2. The third kappa shape index (κ3) is 3.35. The van der Waals surface area contributed by atoms with Crippen molar-refractivity contribution in [1.29, 1.82) is 0 Å². The van der Waals surface area contributed by atoms with Gasteiger partial charge < -0.3 is 11.1 Å². The molecule has 0 bridgehead atoms. The lowest BCUT2D eigenvalue weighted by atomic mass is 10.1. The van der Waals surface area contributed by atoms with Gasteiger partial charge in [0.2, 0.25) is 0 Å². The molecule has 0 amide bonds. The highest BCUT2D eigenvalue weighted by atomic mass is 79.9. The van der Waals surface area contributed by atoms with E-state index in [1.807, 2.05) is 0 Å². The first-order valence-electron chi connectivity index (χ1n) is 6.18. The van der Waals surface area contributed by atoms with Crippen molar-refractivity contribution in [2.45, 2.75) is 44.6 Å². The molecule has 4 heteroatoms. The maximum Gasteiger partial charge on any atom is 0.139 e. The molecular weight excluding hydrogens is 283 g/mol. The smallest absolute Gasteiger partial charge is 0.139 e. The van der Waals surface area contributed by atoms with Crippen molar-refractivity contribution in [1.82, 2.24) is 0 Å². The molecule has 17 heavy (non-hydrogen) atoms. The molecule has 2 rings (SSSR count). The summed E-state index contributed by atoms with van der Waals surface area (Å²) in [7, 11) is 0. The molecule has 0 atom stereocenters. The highest BCUT2D eigenvalue weighted by molar-refractivity contribution is 9.10. The van der Waals surface area contributed by atoms with E-state index in [1.165, 1.54) is 44.6 Å². The maximum atomic E-state index is 13.2. The van der Waals surface area contributed by atoms with E-state index >= 15 is 0 Å². The predicted octanol–water partition coefficient (Wildman–Crippen LogP) is 4.31. The number of anilines is 2. The first kappa shape index (κ1) is 12.7. The third-order valence-electron chi connectivity index (χ3n) is 3.31. The van der Waals surface area contributed by atoms with Gasteiger partial charge >= 0.3 is 0 Å². The third-order valence-corrected chi connectivity index (χ3v) is 3.91. The fraction of sp³-hybridized carbons (Fsp3) is 0.538. The Morgan fingerprint density at radius 3 is 2.47 bits per heavy atom. The van der Waals surface area contributed by atoms with E-state index < -0.39 is 0 Å². The highest BCUT2D eigenvalue weighted by Crippen LogP contribution is 2.29. The molecular formula is C13H18BrFN2. The summed E-state index contributed by atoms with van der Waals surface area (Å²) in [6, 6.07) is 3.57. The summed E-state index contributed by atoms with van der Waals surface area (Å²) < 4.78 is 13.7. The standard InChI is InChI=1S/C13H18BrFN2/c14-10-7-13(12(16)8-11(10)15)17-9-5-3-1-2-4-6-9/h7-9,17H,1-6,16H2. The van der Waals surface area contributed by atoms with Gasteiger partial charge in [0.05, 0.1) is 15.8 Å². The van der Waals surface area contributed by atoms with Gasteiger partial charge in [0.1, 0.15) is 5.82 Å². The van der Waals surface area contributed by atoms with E-state index in [-0.39, 0.29) is 5.82 Å². The van der Waals surface area contributed by atoms with Crippen LogP contribution in [0, 0.1) is 5.82 Å². The number of nitrogens with one attached hydrogen (secondary N) is 1. The Bertz CT molecular complexity index is 387. The van der Waals surface area contributed by atoms with Gasteiger partial charge in [-0.1, -0.05) is 25.7 Å². The van der Waals surface area contributed by atoms with Crippen molar-refractivity contribution in [2.24, 2.45) is 0 Å². The van der Waals surface area contributed by atoms with Crippen molar-refractivity contribution < 1.29 is 4.39 Å². The number of rotatable bonds is 2. The van der Waals surface area contributed by atoms with Gasteiger partial charge in [-0.2, -0.15) is 0 Å². The van der Waals surface area contributed by atoms with Gasteiger partial charge in [0, 0.05) is 12.1 Å². The first-order chi connectivity index (χ1) is 8.16. The summed E-state index contributed by atoms with van der Waals surface area (Å²) in [5.41, 5.74) is 7.14. The summed E-state index contributed by atoms with van der Waals surface area (Å²) in [6.07, 6.45) is 7.52. The molecule has 0 heterocycles. The van der Waals surface area contributed by atoms with Crippen LogP contribution in [0.15, 0.2) is 16.6 Å².